The second kappa shape index (κ2) is 8.21. The van der Waals surface area contributed by atoms with Crippen molar-refractivity contribution < 1.29 is 22.7 Å². The lowest BCUT2D eigenvalue weighted by Gasteiger charge is -2.06. The lowest BCUT2D eigenvalue weighted by Crippen LogP contribution is -2.29. The van der Waals surface area contributed by atoms with Gasteiger partial charge in [0.25, 0.3) is 0 Å². The molecule has 0 aromatic heterocycles. The van der Waals surface area contributed by atoms with Gasteiger partial charge in [0.15, 0.2) is 0 Å². The Hall–Kier alpha value is -0.920. The van der Waals surface area contributed by atoms with Gasteiger partial charge in [-0.3, -0.25) is 0 Å². The molecule has 0 aliphatic heterocycles. The second-order valence-electron chi connectivity index (χ2n) is 3.33. The zero-order valence-corrected chi connectivity index (χ0v) is 11.0. The topological polar surface area (TPSA) is 81.7 Å². The van der Waals surface area contributed by atoms with Crippen LogP contribution in [0.25, 0.3) is 0 Å². The van der Waals surface area contributed by atoms with E-state index in [9.17, 15) is 13.2 Å². The number of nitrogens with one attached hydrogen (secondary N) is 1. The minimum absolute atomic E-state index is 0.0449. The van der Waals surface area contributed by atoms with Gasteiger partial charge in [0, 0.05) is 12.1 Å². The molecule has 0 spiro atoms. The minimum Gasteiger partial charge on any atom is -0.460 e. The Bertz CT molecular complexity index is 350. The summed E-state index contributed by atoms with van der Waals surface area (Å²) in [5.41, 5.74) is 0.334. The Morgan fingerprint density at radius 1 is 1.29 bits per heavy atom. The van der Waals surface area contributed by atoms with Gasteiger partial charge in [0.2, 0.25) is 10.0 Å². The van der Waals surface area contributed by atoms with Gasteiger partial charge in [0.05, 0.1) is 19.0 Å². The summed E-state index contributed by atoms with van der Waals surface area (Å²) in [6.07, 6.45) is 0. The monoisotopic (exact) mass is 265 g/mol. The van der Waals surface area contributed by atoms with Gasteiger partial charge in [-0.2, -0.15) is 0 Å². The molecule has 0 aromatic rings. The molecule has 0 atom stereocenters. The van der Waals surface area contributed by atoms with Crippen molar-refractivity contribution in [3.8, 4) is 0 Å². The zero-order chi connectivity index (χ0) is 13.3. The van der Waals surface area contributed by atoms with Gasteiger partial charge in [-0.05, 0) is 13.8 Å². The SMILES string of the molecule is C=C(C)C(=O)OCCOCCNS(=O)(=O)CC. The zero-order valence-electron chi connectivity index (χ0n) is 10.2. The van der Waals surface area contributed by atoms with E-state index < -0.39 is 16.0 Å². The molecule has 100 valence electrons. The fraction of sp³-hybridized carbons (Fsp3) is 0.700. The van der Waals surface area contributed by atoms with E-state index in [1.54, 1.807) is 13.8 Å². The van der Waals surface area contributed by atoms with E-state index in [-0.39, 0.29) is 32.1 Å². The molecule has 17 heavy (non-hydrogen) atoms. The molecule has 7 heteroatoms. The van der Waals surface area contributed by atoms with E-state index in [4.69, 9.17) is 9.47 Å². The Kier molecular flexibility index (Phi) is 7.77. The Labute approximate surface area is 102 Å². The number of carbonyl (C=O) groups excluding carboxylic acids is 1. The van der Waals surface area contributed by atoms with Crippen LogP contribution in [0.1, 0.15) is 13.8 Å². The van der Waals surface area contributed by atoms with Crippen LogP contribution in [0.4, 0.5) is 0 Å². The molecule has 1 N–H and O–H groups in total. The largest absolute Gasteiger partial charge is 0.460 e. The van der Waals surface area contributed by atoms with Crippen molar-refractivity contribution in [2.24, 2.45) is 0 Å². The van der Waals surface area contributed by atoms with Crippen LogP contribution in [0.3, 0.4) is 0 Å². The maximum absolute atomic E-state index is 11.0. The van der Waals surface area contributed by atoms with Crippen molar-refractivity contribution in [3.05, 3.63) is 12.2 Å². The summed E-state index contributed by atoms with van der Waals surface area (Å²) >= 11 is 0. The molecule has 0 heterocycles. The molecule has 0 saturated carbocycles. The van der Waals surface area contributed by atoms with Gasteiger partial charge in [-0.25, -0.2) is 17.9 Å². The lowest BCUT2D eigenvalue weighted by atomic mass is 10.4. The number of carbonyl (C=O) groups is 1. The fourth-order valence-corrected chi connectivity index (χ4v) is 1.39. The third-order valence-corrected chi connectivity index (χ3v) is 3.16. The van der Waals surface area contributed by atoms with Crippen molar-refractivity contribution >= 4 is 16.0 Å². The molecular weight excluding hydrogens is 246 g/mol. The van der Waals surface area contributed by atoms with Crippen molar-refractivity contribution in [2.75, 3.05) is 32.1 Å². The van der Waals surface area contributed by atoms with Gasteiger partial charge in [-0.1, -0.05) is 6.58 Å². The third-order valence-electron chi connectivity index (χ3n) is 1.76. The van der Waals surface area contributed by atoms with Gasteiger partial charge >= 0.3 is 5.97 Å². The molecule has 0 radical (unpaired) electrons. The van der Waals surface area contributed by atoms with E-state index in [1.807, 2.05) is 0 Å². The molecule has 0 aromatic carbocycles. The van der Waals surface area contributed by atoms with Gasteiger partial charge in [-0.15, -0.1) is 0 Å². The van der Waals surface area contributed by atoms with Crippen LogP contribution < -0.4 is 4.72 Å². The molecule has 0 unspecified atom stereocenters. The van der Waals surface area contributed by atoms with Crippen molar-refractivity contribution in [3.63, 3.8) is 0 Å². The van der Waals surface area contributed by atoms with E-state index in [2.05, 4.69) is 11.3 Å². The number of sulfonamides is 1. The number of hydrogen-bond donors (Lipinski definition) is 1. The molecule has 0 amide bonds. The summed E-state index contributed by atoms with van der Waals surface area (Å²) in [4.78, 5) is 10.9. The first kappa shape index (κ1) is 16.1. The summed E-state index contributed by atoms with van der Waals surface area (Å²) in [5, 5.41) is 0. The van der Waals surface area contributed by atoms with E-state index in [0.717, 1.165) is 0 Å². The van der Waals surface area contributed by atoms with Crippen LogP contribution in [0.2, 0.25) is 0 Å². The first-order valence-electron chi connectivity index (χ1n) is 5.26. The average Bonchev–Trinajstić information content (AvgIpc) is 2.27. The van der Waals surface area contributed by atoms with Crippen molar-refractivity contribution in [1.82, 2.24) is 4.72 Å². The molecule has 6 nitrogen and oxygen atoms in total. The Morgan fingerprint density at radius 3 is 2.47 bits per heavy atom. The molecule has 0 aliphatic carbocycles. The molecule has 0 rings (SSSR count). The standard InChI is InChI=1S/C10H19NO5S/c1-4-17(13,14)11-5-6-15-7-8-16-10(12)9(2)3/h11H,2,4-8H2,1,3H3. The summed E-state index contributed by atoms with van der Waals surface area (Å²) in [5.74, 6) is -0.413. The summed E-state index contributed by atoms with van der Waals surface area (Å²) in [6, 6.07) is 0. The number of hydrogen-bond acceptors (Lipinski definition) is 5. The van der Waals surface area contributed by atoms with Crippen LogP contribution in [0, 0.1) is 0 Å². The average molecular weight is 265 g/mol. The molecule has 0 bridgehead atoms. The van der Waals surface area contributed by atoms with Crippen LogP contribution in [-0.4, -0.2) is 46.5 Å². The maximum atomic E-state index is 11.0. The summed E-state index contributed by atoms with van der Waals surface area (Å²) in [7, 11) is -3.16. The van der Waals surface area contributed by atoms with Crippen LogP contribution in [0.15, 0.2) is 12.2 Å². The highest BCUT2D eigenvalue weighted by Crippen LogP contribution is 1.91. The fourth-order valence-electron chi connectivity index (χ4n) is 0.790. The first-order chi connectivity index (χ1) is 7.89. The molecule has 0 aliphatic rings. The molecule has 0 saturated heterocycles. The van der Waals surface area contributed by atoms with Crippen molar-refractivity contribution in [1.29, 1.82) is 0 Å². The normalized spacial score (nSPS) is 11.2. The summed E-state index contributed by atoms with van der Waals surface area (Å²) in [6.45, 7) is 7.35. The number of ether oxygens (including phenoxy) is 2. The maximum Gasteiger partial charge on any atom is 0.333 e. The highest BCUT2D eigenvalue weighted by Gasteiger charge is 2.05. The Balaban J connectivity index is 3.42. The van der Waals surface area contributed by atoms with E-state index in [0.29, 0.717) is 5.57 Å². The molecule has 0 fully saturated rings. The van der Waals surface area contributed by atoms with Crippen molar-refractivity contribution in [2.45, 2.75) is 13.8 Å². The summed E-state index contributed by atoms with van der Waals surface area (Å²) < 4.78 is 34.2. The first-order valence-corrected chi connectivity index (χ1v) is 6.92. The third kappa shape index (κ3) is 8.84. The molecular formula is C10H19NO5S. The van der Waals surface area contributed by atoms with Gasteiger partial charge in [0.1, 0.15) is 6.61 Å². The lowest BCUT2D eigenvalue weighted by molar-refractivity contribution is -0.140. The number of rotatable bonds is 9. The van der Waals surface area contributed by atoms with E-state index >= 15 is 0 Å². The Morgan fingerprint density at radius 2 is 1.94 bits per heavy atom. The smallest absolute Gasteiger partial charge is 0.333 e. The highest BCUT2D eigenvalue weighted by molar-refractivity contribution is 7.89. The van der Waals surface area contributed by atoms with Crippen LogP contribution in [0.5, 0.6) is 0 Å². The van der Waals surface area contributed by atoms with Crippen LogP contribution >= 0.6 is 0 Å². The number of esters is 1. The predicted molar refractivity (Wildman–Crippen MR) is 64.1 cm³/mol. The second-order valence-corrected chi connectivity index (χ2v) is 5.42. The predicted octanol–water partition coefficient (Wildman–Crippen LogP) is 0.0616. The van der Waals surface area contributed by atoms with E-state index in [1.165, 1.54) is 0 Å². The van der Waals surface area contributed by atoms with Crippen LogP contribution in [-0.2, 0) is 24.3 Å². The van der Waals surface area contributed by atoms with Gasteiger partial charge < -0.3 is 9.47 Å². The minimum atomic E-state index is -3.16. The quantitative estimate of drug-likeness (QED) is 0.362. The highest BCUT2D eigenvalue weighted by atomic mass is 32.2.